The molecular weight excluding hydrogens is 293 g/mol. The lowest BCUT2D eigenvalue weighted by Crippen LogP contribution is -2.29. The van der Waals surface area contributed by atoms with Crippen molar-refractivity contribution in [3.63, 3.8) is 0 Å². The van der Waals surface area contributed by atoms with Crippen molar-refractivity contribution >= 4 is 23.2 Å². The molecule has 0 aliphatic heterocycles. The van der Waals surface area contributed by atoms with Gasteiger partial charge in [0.2, 0.25) is 0 Å². The Balaban J connectivity index is 2.52. The maximum absolute atomic E-state index is 13.9. The van der Waals surface area contributed by atoms with Gasteiger partial charge in [-0.05, 0) is 35.9 Å². The molecule has 0 aliphatic rings. The van der Waals surface area contributed by atoms with Crippen molar-refractivity contribution in [1.29, 1.82) is 0 Å². The zero-order chi connectivity index (χ0) is 14.0. The van der Waals surface area contributed by atoms with Crippen LogP contribution in [0.1, 0.15) is 17.2 Å². The second-order valence-corrected chi connectivity index (χ2v) is 4.77. The van der Waals surface area contributed by atoms with Crippen molar-refractivity contribution in [3.05, 3.63) is 69.2 Å². The molecule has 3 N–H and O–H groups in total. The Bertz CT molecular complexity index is 605. The molecule has 2 aromatic carbocycles. The third-order valence-corrected chi connectivity index (χ3v) is 3.29. The largest absolute Gasteiger partial charge is 0.271 e. The van der Waals surface area contributed by atoms with Crippen LogP contribution in [-0.2, 0) is 0 Å². The van der Waals surface area contributed by atoms with E-state index in [9.17, 15) is 8.78 Å². The van der Waals surface area contributed by atoms with Crippen LogP contribution in [0, 0.1) is 11.6 Å². The minimum Gasteiger partial charge on any atom is -0.271 e. The molecule has 1 atom stereocenters. The van der Waals surface area contributed by atoms with Crippen LogP contribution in [0.25, 0.3) is 0 Å². The predicted octanol–water partition coefficient (Wildman–Crippen LogP) is 3.82. The predicted molar refractivity (Wildman–Crippen MR) is 72.0 cm³/mol. The van der Waals surface area contributed by atoms with Gasteiger partial charge in [0.25, 0.3) is 0 Å². The SMILES string of the molecule is NNC(c1ccc(Cl)cc1F)c1cc(F)ccc1Cl. The van der Waals surface area contributed by atoms with Crippen molar-refractivity contribution in [3.8, 4) is 0 Å². The van der Waals surface area contributed by atoms with Crippen molar-refractivity contribution < 1.29 is 8.78 Å². The molecule has 0 bridgehead atoms. The van der Waals surface area contributed by atoms with Crippen LogP contribution in [0.4, 0.5) is 8.78 Å². The molecule has 19 heavy (non-hydrogen) atoms. The lowest BCUT2D eigenvalue weighted by Gasteiger charge is -2.19. The summed E-state index contributed by atoms with van der Waals surface area (Å²) in [7, 11) is 0. The van der Waals surface area contributed by atoms with Gasteiger partial charge >= 0.3 is 0 Å². The van der Waals surface area contributed by atoms with E-state index in [-0.39, 0.29) is 10.6 Å². The first-order valence-electron chi connectivity index (χ1n) is 5.39. The summed E-state index contributed by atoms with van der Waals surface area (Å²) < 4.78 is 27.2. The molecule has 2 rings (SSSR count). The van der Waals surface area contributed by atoms with Crippen molar-refractivity contribution in [1.82, 2.24) is 5.43 Å². The zero-order valence-electron chi connectivity index (χ0n) is 9.63. The number of hydrazine groups is 1. The van der Waals surface area contributed by atoms with Gasteiger partial charge in [0.15, 0.2) is 0 Å². The van der Waals surface area contributed by atoms with Crippen molar-refractivity contribution in [2.24, 2.45) is 5.84 Å². The average molecular weight is 303 g/mol. The van der Waals surface area contributed by atoms with Gasteiger partial charge in [0.1, 0.15) is 11.6 Å². The molecule has 0 saturated carbocycles. The van der Waals surface area contributed by atoms with Gasteiger partial charge in [0.05, 0.1) is 6.04 Å². The van der Waals surface area contributed by atoms with E-state index in [4.69, 9.17) is 29.0 Å². The van der Waals surface area contributed by atoms with Gasteiger partial charge < -0.3 is 0 Å². The van der Waals surface area contributed by atoms with E-state index in [0.29, 0.717) is 10.6 Å². The summed E-state index contributed by atoms with van der Waals surface area (Å²) >= 11 is 11.7. The number of nitrogens with one attached hydrogen (secondary N) is 1. The molecule has 2 nitrogen and oxygen atoms in total. The topological polar surface area (TPSA) is 38.0 Å². The number of nitrogens with two attached hydrogens (primary N) is 1. The second-order valence-electron chi connectivity index (χ2n) is 3.93. The Hall–Kier alpha value is -1.20. The minimum absolute atomic E-state index is 0.236. The highest BCUT2D eigenvalue weighted by Gasteiger charge is 2.20. The first kappa shape index (κ1) is 14.2. The summed E-state index contributed by atoms with van der Waals surface area (Å²) in [4.78, 5) is 0. The van der Waals surface area contributed by atoms with E-state index >= 15 is 0 Å². The fourth-order valence-corrected chi connectivity index (χ4v) is 2.20. The standard InChI is InChI=1S/C13H10Cl2F2N2/c14-7-1-3-9(12(17)5-7)13(19-18)10-6-8(16)2-4-11(10)15/h1-6,13,19H,18H2. The van der Waals surface area contributed by atoms with E-state index < -0.39 is 17.7 Å². The average Bonchev–Trinajstić information content (AvgIpc) is 2.36. The summed E-state index contributed by atoms with van der Waals surface area (Å²) in [5, 5.41) is 0.557. The summed E-state index contributed by atoms with van der Waals surface area (Å²) in [6.45, 7) is 0. The Morgan fingerprint density at radius 3 is 2.37 bits per heavy atom. The number of hydrogen-bond acceptors (Lipinski definition) is 2. The monoisotopic (exact) mass is 302 g/mol. The maximum atomic E-state index is 13.9. The minimum atomic E-state index is -0.763. The van der Waals surface area contributed by atoms with Gasteiger partial charge in [-0.25, -0.2) is 14.2 Å². The molecule has 0 spiro atoms. The zero-order valence-corrected chi connectivity index (χ0v) is 11.1. The molecule has 0 heterocycles. The van der Waals surface area contributed by atoms with Crippen LogP contribution in [0.5, 0.6) is 0 Å². The molecule has 0 radical (unpaired) electrons. The number of rotatable bonds is 3. The fourth-order valence-electron chi connectivity index (χ4n) is 1.82. The summed E-state index contributed by atoms with van der Waals surface area (Å²) in [5.74, 6) is 4.41. The summed E-state index contributed by atoms with van der Waals surface area (Å²) in [6, 6.07) is 7.22. The Kier molecular flexibility index (Phi) is 4.37. The Labute approximate surface area is 119 Å². The molecule has 0 aromatic heterocycles. The van der Waals surface area contributed by atoms with E-state index in [2.05, 4.69) is 5.43 Å². The molecule has 0 saturated heterocycles. The van der Waals surface area contributed by atoms with Crippen LogP contribution < -0.4 is 11.3 Å². The third kappa shape index (κ3) is 3.04. The lowest BCUT2D eigenvalue weighted by molar-refractivity contribution is 0.556. The quantitative estimate of drug-likeness (QED) is 0.668. The highest BCUT2D eigenvalue weighted by atomic mass is 35.5. The summed E-state index contributed by atoms with van der Waals surface area (Å²) in [6.07, 6.45) is 0. The van der Waals surface area contributed by atoms with Crippen LogP contribution >= 0.6 is 23.2 Å². The molecule has 0 aliphatic carbocycles. The van der Waals surface area contributed by atoms with Gasteiger partial charge in [-0.15, -0.1) is 0 Å². The van der Waals surface area contributed by atoms with E-state index in [1.54, 1.807) is 0 Å². The fraction of sp³-hybridized carbons (Fsp3) is 0.0769. The van der Waals surface area contributed by atoms with Gasteiger partial charge in [-0.1, -0.05) is 29.3 Å². The first-order valence-corrected chi connectivity index (χ1v) is 6.14. The van der Waals surface area contributed by atoms with Gasteiger partial charge in [-0.3, -0.25) is 5.84 Å². The van der Waals surface area contributed by atoms with Crippen LogP contribution in [-0.4, -0.2) is 0 Å². The molecule has 100 valence electrons. The van der Waals surface area contributed by atoms with Crippen LogP contribution in [0.15, 0.2) is 36.4 Å². The normalized spacial score (nSPS) is 12.5. The molecule has 1 unspecified atom stereocenters. The Morgan fingerprint density at radius 1 is 1.00 bits per heavy atom. The van der Waals surface area contributed by atoms with E-state index in [1.165, 1.54) is 30.3 Å². The highest BCUT2D eigenvalue weighted by molar-refractivity contribution is 6.31. The van der Waals surface area contributed by atoms with E-state index in [0.717, 1.165) is 6.07 Å². The molecule has 0 fully saturated rings. The van der Waals surface area contributed by atoms with E-state index in [1.807, 2.05) is 0 Å². The number of halogens is 4. The second kappa shape index (κ2) is 5.84. The molecular formula is C13H10Cl2F2N2. The smallest absolute Gasteiger partial charge is 0.129 e. The number of hydrogen-bond donors (Lipinski definition) is 2. The van der Waals surface area contributed by atoms with Gasteiger partial charge in [-0.2, -0.15) is 0 Å². The first-order chi connectivity index (χ1) is 9.02. The van der Waals surface area contributed by atoms with Crippen molar-refractivity contribution in [2.45, 2.75) is 6.04 Å². The van der Waals surface area contributed by atoms with Crippen LogP contribution in [0.3, 0.4) is 0 Å². The Morgan fingerprint density at radius 2 is 1.74 bits per heavy atom. The molecule has 2 aromatic rings. The van der Waals surface area contributed by atoms with Gasteiger partial charge in [0, 0.05) is 15.6 Å². The molecule has 6 heteroatoms. The summed E-state index contributed by atoms with van der Waals surface area (Å²) in [5.41, 5.74) is 3.02. The third-order valence-electron chi connectivity index (χ3n) is 2.71. The van der Waals surface area contributed by atoms with Crippen LogP contribution in [0.2, 0.25) is 10.0 Å². The maximum Gasteiger partial charge on any atom is 0.129 e. The number of benzene rings is 2. The molecule has 0 amide bonds. The highest BCUT2D eigenvalue weighted by Crippen LogP contribution is 2.30. The lowest BCUT2D eigenvalue weighted by atomic mass is 9.98. The van der Waals surface area contributed by atoms with Crippen molar-refractivity contribution in [2.75, 3.05) is 0 Å².